The Bertz CT molecular complexity index is 1800. The summed E-state index contributed by atoms with van der Waals surface area (Å²) in [6.45, 7) is 7.05. The lowest BCUT2D eigenvalue weighted by Gasteiger charge is -2.25. The van der Waals surface area contributed by atoms with Crippen molar-refractivity contribution in [2.24, 2.45) is 5.10 Å². The van der Waals surface area contributed by atoms with Crippen molar-refractivity contribution in [3.8, 4) is 17.2 Å². The summed E-state index contributed by atoms with van der Waals surface area (Å²) < 4.78 is 41.4. The zero-order chi connectivity index (χ0) is 31.5. The van der Waals surface area contributed by atoms with Crippen LogP contribution in [0.1, 0.15) is 28.1 Å². The van der Waals surface area contributed by atoms with E-state index in [0.717, 1.165) is 38.1 Å². The van der Waals surface area contributed by atoms with Gasteiger partial charge in [0.05, 0.1) is 41.1 Å². The van der Waals surface area contributed by atoms with E-state index in [0.29, 0.717) is 21.5 Å². The van der Waals surface area contributed by atoms with E-state index in [4.69, 9.17) is 32.7 Å². The number of anilines is 1. The van der Waals surface area contributed by atoms with Crippen molar-refractivity contribution < 1.29 is 22.7 Å². The van der Waals surface area contributed by atoms with Gasteiger partial charge in [0.25, 0.3) is 15.9 Å². The minimum Gasteiger partial charge on any atom is -0.493 e. The Kier molecular flexibility index (Phi) is 9.74. The zero-order valence-electron chi connectivity index (χ0n) is 24.6. The highest BCUT2D eigenvalue weighted by Gasteiger charge is 2.29. The Morgan fingerprint density at radius 1 is 0.907 bits per heavy atom. The van der Waals surface area contributed by atoms with Gasteiger partial charge in [-0.1, -0.05) is 29.3 Å². The fraction of sp³-hybridized carbons (Fsp3) is 0.226. The van der Waals surface area contributed by atoms with E-state index >= 15 is 0 Å². The van der Waals surface area contributed by atoms with Gasteiger partial charge < -0.3 is 14.0 Å². The molecule has 4 aromatic rings. The summed E-state index contributed by atoms with van der Waals surface area (Å²) >= 11 is 12.3. The number of nitrogens with one attached hydrogen (secondary N) is 1. The summed E-state index contributed by atoms with van der Waals surface area (Å²) in [6, 6.07) is 16.9. The monoisotopic (exact) mass is 642 g/mol. The molecule has 1 N–H and O–H groups in total. The van der Waals surface area contributed by atoms with Gasteiger partial charge in [-0.2, -0.15) is 5.10 Å². The molecule has 0 spiro atoms. The van der Waals surface area contributed by atoms with Crippen LogP contribution in [0, 0.1) is 27.7 Å². The van der Waals surface area contributed by atoms with Crippen molar-refractivity contribution in [3.05, 3.63) is 98.8 Å². The van der Waals surface area contributed by atoms with Crippen LogP contribution in [0.4, 0.5) is 5.69 Å². The molecular formula is C31H32Cl2N4O5S. The van der Waals surface area contributed by atoms with E-state index in [-0.39, 0.29) is 10.6 Å². The van der Waals surface area contributed by atoms with Crippen LogP contribution in [-0.4, -0.2) is 45.9 Å². The summed E-state index contributed by atoms with van der Waals surface area (Å²) in [5.41, 5.74) is 7.88. The molecule has 1 amide bonds. The van der Waals surface area contributed by atoms with Gasteiger partial charge in [-0.05, 0) is 87.4 Å². The molecule has 0 aliphatic heterocycles. The third-order valence-electron chi connectivity index (χ3n) is 6.75. The van der Waals surface area contributed by atoms with Crippen LogP contribution in [0.2, 0.25) is 10.0 Å². The Balaban J connectivity index is 1.61. The molecule has 3 aromatic carbocycles. The highest BCUT2D eigenvalue weighted by atomic mass is 35.5. The normalized spacial score (nSPS) is 11.5. The maximum Gasteiger partial charge on any atom is 0.264 e. The number of methoxy groups -OCH3 is 2. The van der Waals surface area contributed by atoms with Crippen LogP contribution >= 0.6 is 23.2 Å². The van der Waals surface area contributed by atoms with Crippen LogP contribution in [-0.2, 0) is 14.8 Å². The molecule has 0 unspecified atom stereocenters. The third kappa shape index (κ3) is 6.98. The van der Waals surface area contributed by atoms with Gasteiger partial charge >= 0.3 is 0 Å². The number of carbonyl (C=O) groups excluding carboxylic acids is 1. The van der Waals surface area contributed by atoms with Gasteiger partial charge in [-0.3, -0.25) is 9.10 Å². The molecule has 9 nitrogen and oxygen atoms in total. The summed E-state index contributed by atoms with van der Waals surface area (Å²) in [5.74, 6) is -0.000717. The molecule has 0 radical (unpaired) electrons. The first-order valence-corrected chi connectivity index (χ1v) is 15.3. The number of aromatic nitrogens is 1. The van der Waals surface area contributed by atoms with Crippen LogP contribution in [0.15, 0.2) is 70.7 Å². The molecule has 0 saturated carbocycles. The van der Waals surface area contributed by atoms with Gasteiger partial charge in [0.1, 0.15) is 6.54 Å². The van der Waals surface area contributed by atoms with Crippen molar-refractivity contribution in [2.45, 2.75) is 32.6 Å². The standard InChI is InChI=1S/C31H32Cl2N4O5S/c1-19-11-20(2)13-25(12-19)36(43(39,40)26-8-10-29(41-5)30(16-26)42-6)18-31(38)35-34-17-23-14-21(3)37(22(23)4)24-7-9-27(32)28(33)15-24/h7-17H,18H2,1-6H3,(H,35,38)/b34-17+. The first-order chi connectivity index (χ1) is 20.3. The maximum absolute atomic E-state index is 13.9. The lowest BCUT2D eigenvalue weighted by Crippen LogP contribution is -2.39. The van der Waals surface area contributed by atoms with Crippen LogP contribution in [0.25, 0.3) is 5.69 Å². The predicted octanol–water partition coefficient (Wildman–Crippen LogP) is 6.38. The molecule has 226 valence electrons. The summed E-state index contributed by atoms with van der Waals surface area (Å²) in [6.07, 6.45) is 1.51. The molecule has 0 saturated heterocycles. The number of amides is 1. The topological polar surface area (TPSA) is 102 Å². The third-order valence-corrected chi connectivity index (χ3v) is 9.26. The minimum absolute atomic E-state index is 0.0599. The molecule has 4 rings (SSSR count). The average molecular weight is 644 g/mol. The van der Waals surface area contributed by atoms with E-state index < -0.39 is 22.5 Å². The first kappa shape index (κ1) is 31.9. The second-order valence-electron chi connectivity index (χ2n) is 9.93. The second-order valence-corrected chi connectivity index (χ2v) is 12.6. The number of ether oxygens (including phenoxy) is 2. The van der Waals surface area contributed by atoms with Crippen molar-refractivity contribution in [3.63, 3.8) is 0 Å². The molecule has 0 aliphatic carbocycles. The van der Waals surface area contributed by atoms with Crippen molar-refractivity contribution in [1.29, 1.82) is 0 Å². The second kappa shape index (κ2) is 13.1. The number of hydrogen-bond acceptors (Lipinski definition) is 6. The minimum atomic E-state index is -4.20. The molecular weight excluding hydrogens is 611 g/mol. The van der Waals surface area contributed by atoms with Crippen molar-refractivity contribution in [1.82, 2.24) is 9.99 Å². The number of aryl methyl sites for hydroxylation is 3. The van der Waals surface area contributed by atoms with Crippen LogP contribution in [0.3, 0.4) is 0 Å². The molecule has 1 aromatic heterocycles. The molecule has 0 aliphatic rings. The quantitative estimate of drug-likeness (QED) is 0.160. The fourth-order valence-electron chi connectivity index (χ4n) is 4.79. The molecule has 0 bridgehead atoms. The van der Waals surface area contributed by atoms with Crippen LogP contribution < -0.4 is 19.2 Å². The largest absolute Gasteiger partial charge is 0.493 e. The highest BCUT2D eigenvalue weighted by Crippen LogP contribution is 2.33. The first-order valence-electron chi connectivity index (χ1n) is 13.1. The predicted molar refractivity (Wildman–Crippen MR) is 171 cm³/mol. The smallest absolute Gasteiger partial charge is 0.264 e. The number of nitrogens with zero attached hydrogens (tertiary/aromatic N) is 3. The molecule has 0 fully saturated rings. The van der Waals surface area contributed by atoms with Gasteiger partial charge in [0.15, 0.2) is 11.5 Å². The van der Waals surface area contributed by atoms with Gasteiger partial charge in [-0.15, -0.1) is 0 Å². The Labute approximate surface area is 261 Å². The SMILES string of the molecule is COc1ccc(S(=O)(=O)N(CC(=O)N/N=C/c2cc(C)n(-c3ccc(Cl)c(Cl)c3)c2C)c2cc(C)cc(C)c2)cc1OC. The Morgan fingerprint density at radius 2 is 1.58 bits per heavy atom. The van der Waals surface area contributed by atoms with Gasteiger partial charge in [-0.25, -0.2) is 13.8 Å². The molecule has 0 atom stereocenters. The number of hydrazone groups is 1. The van der Waals surface area contributed by atoms with E-state index in [9.17, 15) is 13.2 Å². The Morgan fingerprint density at radius 3 is 2.21 bits per heavy atom. The molecule has 12 heteroatoms. The number of rotatable bonds is 10. The lowest BCUT2D eigenvalue weighted by molar-refractivity contribution is -0.119. The Hall–Kier alpha value is -3.99. The number of carbonyl (C=O) groups is 1. The molecule has 1 heterocycles. The molecule has 43 heavy (non-hydrogen) atoms. The van der Waals surface area contributed by atoms with E-state index in [1.54, 1.807) is 24.3 Å². The number of benzene rings is 3. The van der Waals surface area contributed by atoms with Crippen molar-refractivity contribution in [2.75, 3.05) is 25.1 Å². The van der Waals surface area contributed by atoms with Crippen LogP contribution in [0.5, 0.6) is 11.5 Å². The highest BCUT2D eigenvalue weighted by molar-refractivity contribution is 7.92. The summed E-state index contributed by atoms with van der Waals surface area (Å²) in [5, 5.41) is 5.02. The van der Waals surface area contributed by atoms with E-state index in [2.05, 4.69) is 10.5 Å². The number of halogens is 2. The van der Waals surface area contributed by atoms with E-state index in [1.165, 1.54) is 38.6 Å². The van der Waals surface area contributed by atoms with E-state index in [1.807, 2.05) is 50.5 Å². The van der Waals surface area contributed by atoms with Gasteiger partial charge in [0, 0.05) is 28.7 Å². The lowest BCUT2D eigenvalue weighted by atomic mass is 10.1. The fourth-order valence-corrected chi connectivity index (χ4v) is 6.51. The van der Waals surface area contributed by atoms with Crippen molar-refractivity contribution >= 4 is 51.0 Å². The number of sulfonamides is 1. The average Bonchev–Trinajstić information content (AvgIpc) is 3.24. The summed E-state index contributed by atoms with van der Waals surface area (Å²) in [4.78, 5) is 13.1. The zero-order valence-corrected chi connectivity index (χ0v) is 26.9. The summed E-state index contributed by atoms with van der Waals surface area (Å²) in [7, 11) is -1.32. The number of hydrogen-bond donors (Lipinski definition) is 1. The maximum atomic E-state index is 13.9. The van der Waals surface area contributed by atoms with Gasteiger partial charge in [0.2, 0.25) is 0 Å².